The smallest absolute Gasteiger partial charge is 0.334 e. The maximum Gasteiger partial charge on any atom is 0.433 e. The van der Waals surface area contributed by atoms with Gasteiger partial charge in [0.2, 0.25) is 0 Å². The van der Waals surface area contributed by atoms with Crippen LogP contribution < -0.4 is 10.6 Å². The molecule has 2 amide bonds. The number of carbonyl (C=O) groups excluding carboxylic acids is 1. The molecule has 4 rings (SSSR count). The molecular weight excluding hydrogens is 508 g/mol. The van der Waals surface area contributed by atoms with E-state index < -0.39 is 11.9 Å². The average molecular weight is 529 g/mol. The molecule has 0 aliphatic carbocycles. The van der Waals surface area contributed by atoms with Gasteiger partial charge in [-0.1, -0.05) is 29.3 Å². The van der Waals surface area contributed by atoms with Gasteiger partial charge in [0.1, 0.15) is 5.69 Å². The first-order valence-electron chi connectivity index (χ1n) is 10.5. The number of halogens is 5. The Kier molecular flexibility index (Phi) is 7.67. The highest BCUT2D eigenvalue weighted by molar-refractivity contribution is 7.16. The van der Waals surface area contributed by atoms with Gasteiger partial charge >= 0.3 is 12.2 Å². The molecule has 0 radical (unpaired) electrons. The summed E-state index contributed by atoms with van der Waals surface area (Å²) in [6, 6.07) is 12.6. The van der Waals surface area contributed by atoms with Crippen LogP contribution in [-0.4, -0.2) is 35.0 Å². The van der Waals surface area contributed by atoms with Crippen molar-refractivity contribution < 1.29 is 18.0 Å². The number of thiophene rings is 1. The maximum atomic E-state index is 12.8. The highest BCUT2D eigenvalue weighted by Crippen LogP contribution is 2.35. The molecule has 3 heterocycles. The summed E-state index contributed by atoms with van der Waals surface area (Å²) in [7, 11) is 0. The number of urea groups is 1. The molecule has 0 saturated carbocycles. The van der Waals surface area contributed by atoms with Crippen LogP contribution in [0.1, 0.15) is 28.5 Å². The zero-order chi connectivity index (χ0) is 24.3. The van der Waals surface area contributed by atoms with Crippen LogP contribution in [0.3, 0.4) is 0 Å². The molecule has 1 aliphatic rings. The molecular formula is C23H21Cl2F3N4OS. The number of alkyl halides is 3. The average Bonchev–Trinajstić information content (AvgIpc) is 3.22. The minimum Gasteiger partial charge on any atom is -0.334 e. The molecule has 0 spiro atoms. The van der Waals surface area contributed by atoms with E-state index in [0.29, 0.717) is 46.7 Å². The predicted molar refractivity (Wildman–Crippen MR) is 129 cm³/mol. The molecule has 5 nitrogen and oxygen atoms in total. The van der Waals surface area contributed by atoms with Crippen molar-refractivity contribution in [2.75, 3.05) is 18.4 Å². The Balaban J connectivity index is 1.43. The summed E-state index contributed by atoms with van der Waals surface area (Å²) in [5.74, 6) is -0.0235. The lowest BCUT2D eigenvalue weighted by atomic mass is 9.90. The largest absolute Gasteiger partial charge is 0.433 e. The third-order valence-corrected chi connectivity index (χ3v) is 7.21. The summed E-state index contributed by atoms with van der Waals surface area (Å²) in [6.45, 7) is 1.75. The fraction of sp³-hybridized carbons (Fsp3) is 0.304. The van der Waals surface area contributed by atoms with E-state index in [1.807, 2.05) is 12.1 Å². The second kappa shape index (κ2) is 10.5. The van der Waals surface area contributed by atoms with E-state index in [1.54, 1.807) is 24.3 Å². The fourth-order valence-corrected chi connectivity index (χ4v) is 5.31. The van der Waals surface area contributed by atoms with Crippen LogP contribution in [0.25, 0.3) is 0 Å². The number of anilines is 1. The number of pyridine rings is 1. The van der Waals surface area contributed by atoms with Crippen molar-refractivity contribution in [2.24, 2.45) is 0 Å². The SMILES string of the molecule is O=C(Nc1ccc(Cl)cc1)N[C@@H]1CCN(Cc2ccc(C(F)(F)F)nc2)C[C@H]1c1ccc(Cl)s1. The molecule has 3 aromatic rings. The highest BCUT2D eigenvalue weighted by Gasteiger charge is 2.34. The van der Waals surface area contributed by atoms with E-state index in [1.165, 1.54) is 23.6 Å². The van der Waals surface area contributed by atoms with Crippen LogP contribution in [-0.2, 0) is 12.7 Å². The Hall–Kier alpha value is -2.33. The Morgan fingerprint density at radius 1 is 1.12 bits per heavy atom. The monoisotopic (exact) mass is 528 g/mol. The molecule has 34 heavy (non-hydrogen) atoms. The third kappa shape index (κ3) is 6.41. The lowest BCUT2D eigenvalue weighted by Crippen LogP contribution is -2.50. The van der Waals surface area contributed by atoms with Crippen molar-refractivity contribution in [3.8, 4) is 0 Å². The molecule has 0 bridgehead atoms. The Morgan fingerprint density at radius 2 is 1.88 bits per heavy atom. The van der Waals surface area contributed by atoms with E-state index in [4.69, 9.17) is 23.2 Å². The van der Waals surface area contributed by atoms with Crippen LogP contribution in [0.2, 0.25) is 9.36 Å². The summed E-state index contributed by atoms with van der Waals surface area (Å²) in [4.78, 5) is 19.4. The second-order valence-corrected chi connectivity index (χ2v) is 10.2. The molecule has 1 saturated heterocycles. The molecule has 180 valence electrons. The number of amides is 2. The van der Waals surface area contributed by atoms with Crippen molar-refractivity contribution in [3.63, 3.8) is 0 Å². The number of carbonyl (C=O) groups is 1. The van der Waals surface area contributed by atoms with Crippen LogP contribution in [0.5, 0.6) is 0 Å². The van der Waals surface area contributed by atoms with E-state index in [0.717, 1.165) is 10.9 Å². The van der Waals surface area contributed by atoms with Gasteiger partial charge in [-0.15, -0.1) is 11.3 Å². The normalized spacial score (nSPS) is 19.1. The maximum absolute atomic E-state index is 12.8. The Morgan fingerprint density at radius 3 is 2.50 bits per heavy atom. The van der Waals surface area contributed by atoms with Gasteiger partial charge in [0.25, 0.3) is 0 Å². The molecule has 1 aliphatic heterocycles. The van der Waals surface area contributed by atoms with Gasteiger partial charge in [-0.05, 0) is 54.4 Å². The van der Waals surface area contributed by atoms with Gasteiger partial charge in [0.05, 0.1) is 4.34 Å². The Labute approximate surface area is 208 Å². The Bertz CT molecular complexity index is 1120. The van der Waals surface area contributed by atoms with Crippen LogP contribution >= 0.6 is 34.5 Å². The van der Waals surface area contributed by atoms with Crippen LogP contribution in [0.15, 0.2) is 54.7 Å². The number of piperidine rings is 1. The summed E-state index contributed by atoms with van der Waals surface area (Å²) < 4.78 is 39.0. The van der Waals surface area contributed by atoms with E-state index in [-0.39, 0.29) is 18.0 Å². The van der Waals surface area contributed by atoms with Crippen molar-refractivity contribution in [2.45, 2.75) is 31.1 Å². The number of nitrogens with zero attached hydrogens (tertiary/aromatic N) is 2. The van der Waals surface area contributed by atoms with Gasteiger partial charge < -0.3 is 10.6 Å². The van der Waals surface area contributed by atoms with E-state index in [9.17, 15) is 18.0 Å². The number of hydrogen-bond acceptors (Lipinski definition) is 4. The standard InChI is InChI=1S/C23H21Cl2F3N4OS/c24-15-2-4-16(5-3-15)30-22(33)31-18-9-10-32(13-17(18)19-6-8-21(25)34-19)12-14-1-7-20(29-11-14)23(26,27)28/h1-8,11,17-18H,9-10,12-13H2,(H2,30,31,33)/t17-,18-/m1/s1. The van der Waals surface area contributed by atoms with Crippen molar-refractivity contribution in [1.82, 2.24) is 15.2 Å². The van der Waals surface area contributed by atoms with Crippen LogP contribution in [0, 0.1) is 0 Å². The number of aromatic nitrogens is 1. The molecule has 1 fully saturated rings. The number of hydrogen-bond donors (Lipinski definition) is 2. The van der Waals surface area contributed by atoms with E-state index in [2.05, 4.69) is 20.5 Å². The molecule has 2 N–H and O–H groups in total. The van der Waals surface area contributed by atoms with Gasteiger partial charge in [-0.25, -0.2) is 4.79 Å². The second-order valence-electron chi connectivity index (χ2n) is 8.03. The predicted octanol–water partition coefficient (Wildman–Crippen LogP) is 6.65. The zero-order valence-electron chi connectivity index (χ0n) is 17.8. The lowest BCUT2D eigenvalue weighted by molar-refractivity contribution is -0.141. The van der Waals surface area contributed by atoms with E-state index >= 15 is 0 Å². The van der Waals surface area contributed by atoms with Gasteiger partial charge in [-0.2, -0.15) is 13.2 Å². The summed E-state index contributed by atoms with van der Waals surface area (Å²) >= 11 is 13.5. The van der Waals surface area contributed by atoms with Crippen molar-refractivity contribution in [3.05, 3.63) is 80.2 Å². The summed E-state index contributed by atoms with van der Waals surface area (Å²) in [5, 5.41) is 6.46. The third-order valence-electron chi connectivity index (χ3n) is 5.60. The zero-order valence-corrected chi connectivity index (χ0v) is 20.1. The minimum absolute atomic E-state index is 0.0235. The fourth-order valence-electron chi connectivity index (χ4n) is 3.96. The number of rotatable bonds is 5. The van der Waals surface area contributed by atoms with Gasteiger partial charge in [0, 0.05) is 53.4 Å². The molecule has 2 aromatic heterocycles. The number of likely N-dealkylation sites (tertiary alicyclic amines) is 1. The lowest BCUT2D eigenvalue weighted by Gasteiger charge is -2.38. The first-order valence-corrected chi connectivity index (χ1v) is 12.1. The van der Waals surface area contributed by atoms with Crippen molar-refractivity contribution in [1.29, 1.82) is 0 Å². The first kappa shape index (κ1) is 24.8. The molecule has 2 atom stereocenters. The molecule has 1 aromatic carbocycles. The van der Waals surface area contributed by atoms with Gasteiger partial charge in [-0.3, -0.25) is 9.88 Å². The minimum atomic E-state index is -4.46. The quantitative estimate of drug-likeness (QED) is 0.389. The number of benzene rings is 1. The summed E-state index contributed by atoms with van der Waals surface area (Å²) in [5.41, 5.74) is 0.421. The van der Waals surface area contributed by atoms with Gasteiger partial charge in [0.15, 0.2) is 0 Å². The highest BCUT2D eigenvalue weighted by atomic mass is 35.5. The van der Waals surface area contributed by atoms with Crippen LogP contribution in [0.4, 0.5) is 23.7 Å². The number of nitrogens with one attached hydrogen (secondary N) is 2. The topological polar surface area (TPSA) is 57.3 Å². The molecule has 0 unspecified atom stereocenters. The summed E-state index contributed by atoms with van der Waals surface area (Å²) in [6.07, 6.45) is -2.52. The van der Waals surface area contributed by atoms with Crippen molar-refractivity contribution >= 4 is 46.3 Å². The molecule has 11 heteroatoms. The first-order chi connectivity index (χ1) is 16.2.